The third-order valence-electron chi connectivity index (χ3n) is 3.13. The molecule has 2 heterocycles. The first kappa shape index (κ1) is 16.7. The largest absolute Gasteiger partial charge is 0.444 e. The summed E-state index contributed by atoms with van der Waals surface area (Å²) in [5, 5.41) is 2.86. The fraction of sp³-hybridized carbons (Fsp3) is 0.533. The van der Waals surface area contributed by atoms with Crippen LogP contribution in [0.1, 0.15) is 31.1 Å². The lowest BCUT2D eigenvalue weighted by molar-refractivity contribution is -0.000532. The molecule has 1 saturated heterocycles. The number of likely N-dealkylation sites (tertiary alicyclic amines) is 1. The molecule has 120 valence electrons. The van der Waals surface area contributed by atoms with E-state index >= 15 is 0 Å². The molecule has 0 spiro atoms. The van der Waals surface area contributed by atoms with Crippen molar-refractivity contribution in [2.45, 2.75) is 26.4 Å². The predicted octanol–water partition coefficient (Wildman–Crippen LogP) is 2.44. The Hall–Kier alpha value is -1.63. The van der Waals surface area contributed by atoms with Crippen LogP contribution < -0.4 is 5.32 Å². The van der Waals surface area contributed by atoms with E-state index in [1.807, 2.05) is 20.8 Å². The van der Waals surface area contributed by atoms with Crippen LogP contribution in [-0.2, 0) is 4.74 Å². The molecule has 22 heavy (non-hydrogen) atoms. The highest BCUT2D eigenvalue weighted by Gasteiger charge is 2.33. The van der Waals surface area contributed by atoms with Crippen LogP contribution in [0.3, 0.4) is 0 Å². The van der Waals surface area contributed by atoms with E-state index in [9.17, 15) is 9.59 Å². The number of nitrogens with zero attached hydrogens (tertiary/aromatic N) is 2. The molecular weight excluding hydrogens is 350 g/mol. The molecule has 0 aromatic carbocycles. The van der Waals surface area contributed by atoms with Gasteiger partial charge >= 0.3 is 6.09 Å². The van der Waals surface area contributed by atoms with Gasteiger partial charge in [0.15, 0.2) is 0 Å². The smallest absolute Gasteiger partial charge is 0.410 e. The van der Waals surface area contributed by atoms with E-state index < -0.39 is 5.60 Å². The van der Waals surface area contributed by atoms with Crippen LogP contribution in [-0.4, -0.2) is 47.1 Å². The second kappa shape index (κ2) is 6.64. The first-order valence-corrected chi connectivity index (χ1v) is 7.90. The van der Waals surface area contributed by atoms with E-state index in [1.54, 1.807) is 17.2 Å². The number of halogens is 1. The van der Waals surface area contributed by atoms with Crippen molar-refractivity contribution in [3.05, 3.63) is 28.5 Å². The van der Waals surface area contributed by atoms with Crippen molar-refractivity contribution in [1.82, 2.24) is 15.2 Å². The molecule has 1 fully saturated rings. The maximum Gasteiger partial charge on any atom is 0.410 e. The lowest BCUT2D eigenvalue weighted by atomic mass is 10.0. The molecule has 0 unspecified atom stereocenters. The van der Waals surface area contributed by atoms with Crippen LogP contribution in [0.15, 0.2) is 22.9 Å². The van der Waals surface area contributed by atoms with E-state index in [1.165, 1.54) is 6.20 Å². The Bertz CT molecular complexity index is 565. The summed E-state index contributed by atoms with van der Waals surface area (Å²) in [5.74, 6) is 0.0982. The minimum absolute atomic E-state index is 0.162. The molecule has 1 N–H and O–H groups in total. The Morgan fingerprint density at radius 2 is 2.09 bits per heavy atom. The van der Waals surface area contributed by atoms with Crippen molar-refractivity contribution in [2.75, 3.05) is 19.6 Å². The predicted molar refractivity (Wildman–Crippen MR) is 85.6 cm³/mol. The first-order chi connectivity index (χ1) is 10.2. The van der Waals surface area contributed by atoms with Crippen molar-refractivity contribution in [2.24, 2.45) is 5.92 Å². The zero-order chi connectivity index (χ0) is 16.3. The number of hydrogen-bond donors (Lipinski definition) is 1. The van der Waals surface area contributed by atoms with Gasteiger partial charge in [0.2, 0.25) is 0 Å². The van der Waals surface area contributed by atoms with Gasteiger partial charge in [0.1, 0.15) is 5.60 Å². The highest BCUT2D eigenvalue weighted by Crippen LogP contribution is 2.19. The standard InChI is InChI=1S/C15H20BrN3O3/c1-15(2,3)22-14(21)19-8-10(9-19)5-18-13(20)11-4-12(16)7-17-6-11/h4,6-7,10H,5,8-9H2,1-3H3,(H,18,20). The molecule has 0 aliphatic carbocycles. The highest BCUT2D eigenvalue weighted by molar-refractivity contribution is 9.10. The van der Waals surface area contributed by atoms with Gasteiger partial charge in [0.05, 0.1) is 5.56 Å². The van der Waals surface area contributed by atoms with Crippen molar-refractivity contribution in [3.8, 4) is 0 Å². The molecule has 0 atom stereocenters. The number of amides is 2. The van der Waals surface area contributed by atoms with Gasteiger partial charge in [-0.1, -0.05) is 0 Å². The molecule has 2 amide bonds. The van der Waals surface area contributed by atoms with Gasteiger partial charge in [-0.25, -0.2) is 4.79 Å². The second-order valence-electron chi connectivity index (χ2n) is 6.35. The van der Waals surface area contributed by atoms with E-state index in [0.29, 0.717) is 25.2 Å². The molecule has 1 aromatic rings. The Kier molecular flexibility index (Phi) is 5.05. The normalized spacial score (nSPS) is 15.2. The Balaban J connectivity index is 1.72. The van der Waals surface area contributed by atoms with Crippen LogP contribution >= 0.6 is 15.9 Å². The molecule has 2 rings (SSSR count). The molecule has 1 aliphatic heterocycles. The number of rotatable bonds is 3. The van der Waals surface area contributed by atoms with Gasteiger partial charge < -0.3 is 15.0 Å². The van der Waals surface area contributed by atoms with Crippen molar-refractivity contribution in [1.29, 1.82) is 0 Å². The molecule has 7 heteroatoms. The number of ether oxygens (including phenoxy) is 1. The summed E-state index contributed by atoms with van der Waals surface area (Å²) in [6.07, 6.45) is 2.85. The van der Waals surface area contributed by atoms with E-state index in [0.717, 1.165) is 4.47 Å². The SMILES string of the molecule is CC(C)(C)OC(=O)N1CC(CNC(=O)c2cncc(Br)c2)C1. The number of pyridine rings is 1. The second-order valence-corrected chi connectivity index (χ2v) is 7.27. The third-order valence-corrected chi connectivity index (χ3v) is 3.56. The Labute approximate surface area is 138 Å². The Morgan fingerprint density at radius 3 is 2.68 bits per heavy atom. The maximum absolute atomic E-state index is 12.0. The molecule has 0 radical (unpaired) electrons. The lowest BCUT2D eigenvalue weighted by Crippen LogP contribution is -2.54. The average Bonchev–Trinajstić information content (AvgIpc) is 2.34. The monoisotopic (exact) mass is 369 g/mol. The van der Waals surface area contributed by atoms with Gasteiger partial charge in [-0.05, 0) is 42.8 Å². The average molecular weight is 370 g/mol. The van der Waals surface area contributed by atoms with Gasteiger partial charge in [-0.15, -0.1) is 0 Å². The number of carbonyl (C=O) groups excluding carboxylic acids is 2. The topological polar surface area (TPSA) is 71.5 Å². The van der Waals surface area contributed by atoms with Gasteiger partial charge in [0, 0.05) is 42.4 Å². The van der Waals surface area contributed by atoms with E-state index in [4.69, 9.17) is 4.74 Å². The van der Waals surface area contributed by atoms with Crippen LogP contribution in [0.5, 0.6) is 0 Å². The highest BCUT2D eigenvalue weighted by atomic mass is 79.9. The summed E-state index contributed by atoms with van der Waals surface area (Å²) in [4.78, 5) is 29.4. The number of carbonyl (C=O) groups is 2. The maximum atomic E-state index is 12.0. The number of hydrogen-bond acceptors (Lipinski definition) is 4. The molecule has 0 bridgehead atoms. The van der Waals surface area contributed by atoms with Gasteiger partial charge in [0.25, 0.3) is 5.91 Å². The first-order valence-electron chi connectivity index (χ1n) is 7.11. The van der Waals surface area contributed by atoms with Crippen LogP contribution in [0.25, 0.3) is 0 Å². The van der Waals surface area contributed by atoms with Crippen molar-refractivity contribution < 1.29 is 14.3 Å². The summed E-state index contributed by atoms with van der Waals surface area (Å²) in [7, 11) is 0. The zero-order valence-corrected chi connectivity index (χ0v) is 14.5. The zero-order valence-electron chi connectivity index (χ0n) is 12.9. The molecular formula is C15H20BrN3O3. The summed E-state index contributed by atoms with van der Waals surface area (Å²) >= 11 is 3.28. The fourth-order valence-electron chi connectivity index (χ4n) is 2.05. The minimum Gasteiger partial charge on any atom is -0.444 e. The van der Waals surface area contributed by atoms with Crippen molar-refractivity contribution >= 4 is 27.9 Å². The summed E-state index contributed by atoms with van der Waals surface area (Å²) < 4.78 is 6.05. The Morgan fingerprint density at radius 1 is 1.41 bits per heavy atom. The van der Waals surface area contributed by atoms with Gasteiger partial charge in [-0.2, -0.15) is 0 Å². The molecule has 1 aromatic heterocycles. The van der Waals surface area contributed by atoms with Crippen LogP contribution in [0.2, 0.25) is 0 Å². The van der Waals surface area contributed by atoms with E-state index in [-0.39, 0.29) is 17.9 Å². The van der Waals surface area contributed by atoms with Gasteiger partial charge in [-0.3, -0.25) is 9.78 Å². The summed E-state index contributed by atoms with van der Waals surface area (Å²) in [6, 6.07) is 1.72. The summed E-state index contributed by atoms with van der Waals surface area (Å²) in [5.41, 5.74) is 0.0297. The van der Waals surface area contributed by atoms with Crippen LogP contribution in [0.4, 0.5) is 4.79 Å². The summed E-state index contributed by atoms with van der Waals surface area (Å²) in [6.45, 7) is 7.26. The molecule has 6 nitrogen and oxygen atoms in total. The van der Waals surface area contributed by atoms with Crippen LogP contribution in [0, 0.1) is 5.92 Å². The van der Waals surface area contributed by atoms with Crippen molar-refractivity contribution in [3.63, 3.8) is 0 Å². The number of nitrogens with one attached hydrogen (secondary N) is 1. The number of aromatic nitrogens is 1. The van der Waals surface area contributed by atoms with E-state index in [2.05, 4.69) is 26.2 Å². The molecule has 0 saturated carbocycles. The fourth-order valence-corrected chi connectivity index (χ4v) is 2.41. The quantitative estimate of drug-likeness (QED) is 0.887. The third kappa shape index (κ3) is 4.69. The lowest BCUT2D eigenvalue weighted by Gasteiger charge is -2.39. The minimum atomic E-state index is -0.482. The molecule has 1 aliphatic rings.